The first-order chi connectivity index (χ1) is 8.10. The molecular weight excluding hydrogens is 216 g/mol. The van der Waals surface area contributed by atoms with E-state index in [2.05, 4.69) is 20.6 Å². The van der Waals surface area contributed by atoms with Gasteiger partial charge >= 0.3 is 6.03 Å². The highest BCUT2D eigenvalue weighted by atomic mass is 16.2. The zero-order chi connectivity index (χ0) is 12.8. The smallest absolute Gasteiger partial charge is 0.318 e. The van der Waals surface area contributed by atoms with Gasteiger partial charge in [0.1, 0.15) is 0 Å². The molecule has 0 saturated carbocycles. The molecule has 0 aliphatic carbocycles. The minimum absolute atomic E-state index is 0.230. The molecule has 1 aliphatic rings. The Morgan fingerprint density at radius 1 is 1.47 bits per heavy atom. The first-order valence-electron chi connectivity index (χ1n) is 5.43. The van der Waals surface area contributed by atoms with Crippen LogP contribution in [0.4, 0.5) is 4.79 Å². The topological polar surface area (TPSA) is 65.8 Å². The van der Waals surface area contributed by atoms with Crippen LogP contribution in [0.5, 0.6) is 0 Å². The molecule has 0 fully saturated rings. The third kappa shape index (κ3) is 3.27. The van der Waals surface area contributed by atoms with Crippen LogP contribution in [0, 0.1) is 0 Å². The van der Waals surface area contributed by atoms with Crippen molar-refractivity contribution in [1.82, 2.24) is 10.6 Å². The number of hydrogen-bond donors (Lipinski definition) is 2. The minimum Gasteiger partial charge on any atom is -0.341 e. The lowest BCUT2D eigenvalue weighted by atomic mass is 10.0. The SMILES string of the molecule is C/N=C(C1=CCN=C1)\C(C)=C(/C)NC(=O)NC. The summed E-state index contributed by atoms with van der Waals surface area (Å²) in [5.74, 6) is 0. The summed E-state index contributed by atoms with van der Waals surface area (Å²) in [5, 5.41) is 5.26. The van der Waals surface area contributed by atoms with Crippen molar-refractivity contribution in [3.63, 3.8) is 0 Å². The average molecular weight is 234 g/mol. The van der Waals surface area contributed by atoms with Gasteiger partial charge in [0.25, 0.3) is 0 Å². The van der Waals surface area contributed by atoms with Crippen LogP contribution in [0.3, 0.4) is 0 Å². The molecule has 2 N–H and O–H groups in total. The van der Waals surface area contributed by atoms with Gasteiger partial charge in [-0.25, -0.2) is 4.79 Å². The summed E-state index contributed by atoms with van der Waals surface area (Å²) < 4.78 is 0. The molecule has 2 amide bonds. The van der Waals surface area contributed by atoms with Gasteiger partial charge in [0.2, 0.25) is 0 Å². The van der Waals surface area contributed by atoms with Gasteiger partial charge in [-0.3, -0.25) is 9.98 Å². The molecule has 0 saturated heterocycles. The van der Waals surface area contributed by atoms with Crippen molar-refractivity contribution in [2.75, 3.05) is 20.6 Å². The Morgan fingerprint density at radius 3 is 2.65 bits per heavy atom. The molecule has 5 nitrogen and oxygen atoms in total. The van der Waals surface area contributed by atoms with Crippen LogP contribution in [0.1, 0.15) is 13.8 Å². The molecule has 0 aromatic rings. The summed E-state index contributed by atoms with van der Waals surface area (Å²) in [5.41, 5.74) is 3.59. The molecule has 92 valence electrons. The number of aliphatic imine (C=N–C) groups is 2. The van der Waals surface area contributed by atoms with E-state index >= 15 is 0 Å². The van der Waals surface area contributed by atoms with E-state index in [1.54, 1.807) is 20.3 Å². The van der Waals surface area contributed by atoms with Gasteiger partial charge in [0.05, 0.1) is 12.3 Å². The van der Waals surface area contributed by atoms with Crippen LogP contribution in [-0.4, -0.2) is 38.6 Å². The van der Waals surface area contributed by atoms with Crippen molar-refractivity contribution < 1.29 is 4.79 Å². The highest BCUT2D eigenvalue weighted by Crippen LogP contribution is 2.12. The molecule has 1 heterocycles. The number of rotatable bonds is 3. The second-order valence-electron chi connectivity index (χ2n) is 3.68. The van der Waals surface area contributed by atoms with Crippen molar-refractivity contribution >= 4 is 18.0 Å². The summed E-state index contributed by atoms with van der Waals surface area (Å²) in [6.45, 7) is 4.48. The molecule has 1 aliphatic heterocycles. The normalized spacial score (nSPS) is 16.5. The third-order valence-electron chi connectivity index (χ3n) is 2.59. The monoisotopic (exact) mass is 234 g/mol. The van der Waals surface area contributed by atoms with Crippen LogP contribution in [0.25, 0.3) is 0 Å². The van der Waals surface area contributed by atoms with Crippen LogP contribution in [0.2, 0.25) is 0 Å². The zero-order valence-electron chi connectivity index (χ0n) is 10.7. The molecule has 0 aromatic heterocycles. The van der Waals surface area contributed by atoms with E-state index in [0.717, 1.165) is 22.6 Å². The van der Waals surface area contributed by atoms with Crippen LogP contribution in [0.15, 0.2) is 32.9 Å². The summed E-state index contributed by atoms with van der Waals surface area (Å²) in [6, 6.07) is -0.230. The molecule has 1 rings (SSSR count). The highest BCUT2D eigenvalue weighted by molar-refractivity contribution is 6.24. The van der Waals surface area contributed by atoms with E-state index in [1.165, 1.54) is 0 Å². The maximum Gasteiger partial charge on any atom is 0.318 e. The summed E-state index contributed by atoms with van der Waals surface area (Å²) in [6.07, 6.45) is 3.82. The average Bonchev–Trinajstić information content (AvgIpc) is 2.83. The second kappa shape index (κ2) is 5.98. The van der Waals surface area contributed by atoms with Crippen molar-refractivity contribution in [1.29, 1.82) is 0 Å². The van der Waals surface area contributed by atoms with Crippen molar-refractivity contribution in [3.05, 3.63) is 22.9 Å². The third-order valence-corrected chi connectivity index (χ3v) is 2.59. The minimum atomic E-state index is -0.230. The van der Waals surface area contributed by atoms with E-state index in [1.807, 2.05) is 19.9 Å². The van der Waals surface area contributed by atoms with Gasteiger partial charge in [-0.1, -0.05) is 6.08 Å². The largest absolute Gasteiger partial charge is 0.341 e. The van der Waals surface area contributed by atoms with E-state index in [9.17, 15) is 4.79 Å². The Kier molecular flexibility index (Phi) is 4.63. The molecule has 0 aromatic carbocycles. The Balaban J connectivity index is 2.92. The number of hydrogen-bond acceptors (Lipinski definition) is 3. The summed E-state index contributed by atoms with van der Waals surface area (Å²) >= 11 is 0. The molecule has 0 unspecified atom stereocenters. The van der Waals surface area contributed by atoms with Crippen LogP contribution < -0.4 is 10.6 Å². The molecule has 5 heteroatoms. The van der Waals surface area contributed by atoms with Crippen LogP contribution in [-0.2, 0) is 0 Å². The first kappa shape index (κ1) is 13.2. The number of carbonyl (C=O) groups is 1. The Morgan fingerprint density at radius 2 is 2.18 bits per heavy atom. The lowest BCUT2D eigenvalue weighted by Gasteiger charge is -2.11. The van der Waals surface area contributed by atoms with Crippen molar-refractivity contribution in [2.24, 2.45) is 9.98 Å². The van der Waals surface area contributed by atoms with Gasteiger partial charge in [-0.2, -0.15) is 0 Å². The Labute approximate surface area is 101 Å². The predicted molar refractivity (Wildman–Crippen MR) is 70.8 cm³/mol. The molecular formula is C12H18N4O. The predicted octanol–water partition coefficient (Wildman–Crippen LogP) is 1.29. The lowest BCUT2D eigenvalue weighted by Crippen LogP contribution is -2.32. The summed E-state index contributed by atoms with van der Waals surface area (Å²) in [7, 11) is 3.32. The summed E-state index contributed by atoms with van der Waals surface area (Å²) in [4.78, 5) is 19.6. The number of urea groups is 1. The number of nitrogens with one attached hydrogen (secondary N) is 2. The van der Waals surface area contributed by atoms with E-state index < -0.39 is 0 Å². The molecule has 0 bridgehead atoms. The number of amides is 2. The number of nitrogens with zero attached hydrogens (tertiary/aromatic N) is 2. The quantitative estimate of drug-likeness (QED) is 0.710. The molecule has 0 atom stereocenters. The fourth-order valence-corrected chi connectivity index (χ4v) is 1.53. The lowest BCUT2D eigenvalue weighted by molar-refractivity contribution is 0.245. The molecule has 0 radical (unpaired) electrons. The van der Waals surface area contributed by atoms with Gasteiger partial charge in [0, 0.05) is 31.6 Å². The molecule has 17 heavy (non-hydrogen) atoms. The van der Waals surface area contributed by atoms with Gasteiger partial charge in [0.15, 0.2) is 0 Å². The van der Waals surface area contributed by atoms with E-state index in [4.69, 9.17) is 0 Å². The van der Waals surface area contributed by atoms with Crippen molar-refractivity contribution in [3.8, 4) is 0 Å². The maximum atomic E-state index is 11.2. The highest BCUT2D eigenvalue weighted by Gasteiger charge is 2.12. The van der Waals surface area contributed by atoms with Gasteiger partial charge in [-0.05, 0) is 19.4 Å². The number of carbonyl (C=O) groups excluding carboxylic acids is 1. The van der Waals surface area contributed by atoms with Crippen molar-refractivity contribution in [2.45, 2.75) is 13.8 Å². The van der Waals surface area contributed by atoms with Gasteiger partial charge in [-0.15, -0.1) is 0 Å². The fraction of sp³-hybridized carbons (Fsp3) is 0.417. The Bertz CT molecular complexity index is 430. The Hall–Kier alpha value is -1.91. The van der Waals surface area contributed by atoms with Crippen LogP contribution >= 0.6 is 0 Å². The van der Waals surface area contributed by atoms with Gasteiger partial charge < -0.3 is 10.6 Å². The first-order valence-corrected chi connectivity index (χ1v) is 5.43. The molecule has 0 spiro atoms. The van der Waals surface area contributed by atoms with E-state index in [0.29, 0.717) is 6.54 Å². The van der Waals surface area contributed by atoms with E-state index in [-0.39, 0.29) is 6.03 Å². The fourth-order valence-electron chi connectivity index (χ4n) is 1.53. The second-order valence-corrected chi connectivity index (χ2v) is 3.68. The standard InChI is InChI=1S/C12H18N4O/c1-8(9(2)16-12(17)14-4)11(13-3)10-5-6-15-7-10/h5,7H,6H2,1-4H3,(H2,14,16,17)/b9-8+,13-11+. The number of allylic oxidation sites excluding steroid dienone is 3. The maximum absolute atomic E-state index is 11.2. The zero-order valence-corrected chi connectivity index (χ0v) is 10.7.